The first kappa shape index (κ1) is 18.6. The molecule has 0 aromatic heterocycles. The van der Waals surface area contributed by atoms with Crippen molar-refractivity contribution in [3.63, 3.8) is 0 Å². The minimum atomic E-state index is -0.566. The van der Waals surface area contributed by atoms with Gasteiger partial charge in [0.2, 0.25) is 0 Å². The topological polar surface area (TPSA) is 42.2 Å². The lowest BCUT2D eigenvalue weighted by atomic mass is 9.86. The third kappa shape index (κ3) is 4.72. The van der Waals surface area contributed by atoms with Crippen LogP contribution in [0.3, 0.4) is 0 Å². The molecule has 0 aliphatic carbocycles. The Morgan fingerprint density at radius 3 is 2.46 bits per heavy atom. The van der Waals surface area contributed by atoms with Gasteiger partial charge in [-0.05, 0) is 49.8 Å². The molecule has 3 rings (SSSR count). The summed E-state index contributed by atoms with van der Waals surface area (Å²) in [4.78, 5) is 0. The van der Waals surface area contributed by atoms with Crippen LogP contribution in [-0.2, 0) is 22.3 Å². The number of benzene rings is 2. The summed E-state index contributed by atoms with van der Waals surface area (Å²) in [7, 11) is 0. The van der Waals surface area contributed by atoms with E-state index in [1.54, 1.807) is 0 Å². The van der Waals surface area contributed by atoms with Crippen LogP contribution in [0.25, 0.3) is 0 Å². The molecule has 2 aromatic carbocycles. The number of nitrogens with zero attached hydrogens (tertiary/aromatic N) is 1. The van der Waals surface area contributed by atoms with E-state index in [0.29, 0.717) is 13.0 Å². The standard InChI is InChI=1S/C23H27NO2/c1-23(2)25-17-21(22(26-23)19-12-4-3-5-13-19)16-20-14-7-6-10-18(20)11-8-9-15-24/h3-7,10,12-14,21-22H,8-9,11,16-17H2,1-2H3/t21-,22-/m1/s1. The van der Waals surface area contributed by atoms with E-state index in [4.69, 9.17) is 14.7 Å². The van der Waals surface area contributed by atoms with Crippen molar-refractivity contribution >= 4 is 0 Å². The van der Waals surface area contributed by atoms with Crippen LogP contribution in [0.1, 0.15) is 49.5 Å². The maximum atomic E-state index is 8.80. The smallest absolute Gasteiger partial charge is 0.163 e. The highest BCUT2D eigenvalue weighted by Gasteiger charge is 2.37. The van der Waals surface area contributed by atoms with Crippen LogP contribution >= 0.6 is 0 Å². The number of hydrogen-bond acceptors (Lipinski definition) is 3. The van der Waals surface area contributed by atoms with Crippen molar-refractivity contribution in [2.24, 2.45) is 5.92 Å². The Hall–Kier alpha value is -2.15. The SMILES string of the molecule is CC1(C)OC[C@@H](Cc2ccccc2CCCC#N)[C@@H](c2ccccc2)O1. The number of rotatable bonds is 6. The minimum absolute atomic E-state index is 0.0205. The van der Waals surface area contributed by atoms with Crippen LogP contribution in [-0.4, -0.2) is 12.4 Å². The largest absolute Gasteiger partial charge is 0.350 e. The summed E-state index contributed by atoms with van der Waals surface area (Å²) in [6, 6.07) is 21.2. The fraction of sp³-hybridized carbons (Fsp3) is 0.435. The van der Waals surface area contributed by atoms with E-state index in [2.05, 4.69) is 54.6 Å². The van der Waals surface area contributed by atoms with Gasteiger partial charge in [0, 0.05) is 12.3 Å². The molecule has 1 aliphatic heterocycles. The summed E-state index contributed by atoms with van der Waals surface area (Å²) in [5, 5.41) is 8.80. The monoisotopic (exact) mass is 349 g/mol. The predicted molar refractivity (Wildman–Crippen MR) is 102 cm³/mol. The molecule has 136 valence electrons. The highest BCUT2D eigenvalue weighted by Crippen LogP contribution is 2.38. The number of unbranched alkanes of at least 4 members (excludes halogenated alkanes) is 1. The van der Waals surface area contributed by atoms with Gasteiger partial charge in [0.25, 0.3) is 0 Å². The highest BCUT2D eigenvalue weighted by atomic mass is 16.7. The average Bonchev–Trinajstić information content (AvgIpc) is 2.65. The lowest BCUT2D eigenvalue weighted by Crippen LogP contribution is -2.42. The van der Waals surface area contributed by atoms with E-state index >= 15 is 0 Å². The van der Waals surface area contributed by atoms with Crippen LogP contribution < -0.4 is 0 Å². The molecular formula is C23H27NO2. The average molecular weight is 349 g/mol. The zero-order valence-corrected chi connectivity index (χ0v) is 15.7. The summed E-state index contributed by atoms with van der Waals surface area (Å²) in [6.07, 6.45) is 3.38. The Morgan fingerprint density at radius 1 is 1.04 bits per heavy atom. The third-order valence-corrected chi connectivity index (χ3v) is 4.95. The Balaban J connectivity index is 1.80. The summed E-state index contributed by atoms with van der Waals surface area (Å²) >= 11 is 0. The van der Waals surface area contributed by atoms with Gasteiger partial charge in [0.05, 0.1) is 18.8 Å². The molecule has 0 bridgehead atoms. The first-order chi connectivity index (χ1) is 12.6. The lowest BCUT2D eigenvalue weighted by Gasteiger charge is -2.41. The third-order valence-electron chi connectivity index (χ3n) is 4.95. The lowest BCUT2D eigenvalue weighted by molar-refractivity contribution is -0.295. The van der Waals surface area contributed by atoms with Crippen molar-refractivity contribution < 1.29 is 9.47 Å². The van der Waals surface area contributed by atoms with Gasteiger partial charge in [-0.15, -0.1) is 0 Å². The van der Waals surface area contributed by atoms with Gasteiger partial charge in [-0.2, -0.15) is 5.26 Å². The second-order valence-corrected chi connectivity index (χ2v) is 7.40. The van der Waals surface area contributed by atoms with E-state index in [0.717, 1.165) is 19.3 Å². The minimum Gasteiger partial charge on any atom is -0.350 e. The fourth-order valence-electron chi connectivity index (χ4n) is 3.62. The van der Waals surface area contributed by atoms with Crippen molar-refractivity contribution in [3.05, 3.63) is 71.3 Å². The number of nitriles is 1. The molecule has 26 heavy (non-hydrogen) atoms. The molecule has 0 saturated carbocycles. The van der Waals surface area contributed by atoms with Gasteiger partial charge in [0.1, 0.15) is 0 Å². The van der Waals surface area contributed by atoms with Gasteiger partial charge in [-0.1, -0.05) is 54.6 Å². The summed E-state index contributed by atoms with van der Waals surface area (Å²) in [6.45, 7) is 4.64. The summed E-state index contributed by atoms with van der Waals surface area (Å²) < 4.78 is 12.3. The summed E-state index contributed by atoms with van der Waals surface area (Å²) in [5.74, 6) is -0.300. The Bertz CT molecular complexity index is 748. The first-order valence-electron chi connectivity index (χ1n) is 9.39. The molecule has 0 radical (unpaired) electrons. The number of ether oxygens (including phenoxy) is 2. The molecule has 1 heterocycles. The molecule has 0 N–H and O–H groups in total. The molecular weight excluding hydrogens is 322 g/mol. The number of hydrogen-bond donors (Lipinski definition) is 0. The zero-order chi connectivity index (χ0) is 18.4. The fourth-order valence-corrected chi connectivity index (χ4v) is 3.62. The van der Waals surface area contributed by atoms with Gasteiger partial charge in [0.15, 0.2) is 5.79 Å². The Kier molecular flexibility index (Phi) is 6.08. The van der Waals surface area contributed by atoms with Crippen LogP contribution in [0, 0.1) is 17.2 Å². The molecule has 0 amide bonds. The van der Waals surface area contributed by atoms with Crippen LogP contribution in [0.15, 0.2) is 54.6 Å². The van der Waals surface area contributed by atoms with Crippen molar-refractivity contribution in [1.82, 2.24) is 0 Å². The van der Waals surface area contributed by atoms with Gasteiger partial charge in [-0.3, -0.25) is 0 Å². The zero-order valence-electron chi connectivity index (χ0n) is 15.7. The van der Waals surface area contributed by atoms with Crippen molar-refractivity contribution in [3.8, 4) is 6.07 Å². The van der Waals surface area contributed by atoms with E-state index in [9.17, 15) is 0 Å². The van der Waals surface area contributed by atoms with E-state index in [1.165, 1.54) is 16.7 Å². The van der Waals surface area contributed by atoms with Gasteiger partial charge in [-0.25, -0.2) is 0 Å². The Morgan fingerprint density at radius 2 is 1.73 bits per heavy atom. The first-order valence-corrected chi connectivity index (χ1v) is 9.39. The molecule has 2 aromatic rings. The van der Waals surface area contributed by atoms with Crippen molar-refractivity contribution in [1.29, 1.82) is 5.26 Å². The Labute approximate surface area is 156 Å². The predicted octanol–water partition coefficient (Wildman–Crippen LogP) is 5.22. The van der Waals surface area contributed by atoms with Crippen LogP contribution in [0.2, 0.25) is 0 Å². The molecule has 3 nitrogen and oxygen atoms in total. The summed E-state index contributed by atoms with van der Waals surface area (Å²) in [5.41, 5.74) is 3.87. The van der Waals surface area contributed by atoms with Crippen LogP contribution in [0.5, 0.6) is 0 Å². The molecule has 0 unspecified atom stereocenters. The maximum Gasteiger partial charge on any atom is 0.163 e. The molecule has 1 fully saturated rings. The number of aryl methyl sites for hydroxylation is 1. The second kappa shape index (κ2) is 8.49. The second-order valence-electron chi connectivity index (χ2n) is 7.40. The maximum absolute atomic E-state index is 8.80. The van der Waals surface area contributed by atoms with Gasteiger partial charge < -0.3 is 9.47 Å². The van der Waals surface area contributed by atoms with E-state index in [1.807, 2.05) is 19.9 Å². The molecule has 2 atom stereocenters. The van der Waals surface area contributed by atoms with Crippen molar-refractivity contribution in [2.75, 3.05) is 6.61 Å². The molecule has 1 saturated heterocycles. The van der Waals surface area contributed by atoms with Crippen LogP contribution in [0.4, 0.5) is 0 Å². The normalized spacial score (nSPS) is 21.9. The van der Waals surface area contributed by atoms with E-state index in [-0.39, 0.29) is 12.0 Å². The van der Waals surface area contributed by atoms with E-state index < -0.39 is 5.79 Å². The molecule has 1 aliphatic rings. The molecule has 3 heteroatoms. The molecule has 0 spiro atoms. The van der Waals surface area contributed by atoms with Crippen molar-refractivity contribution in [2.45, 2.75) is 51.4 Å². The quantitative estimate of drug-likeness (QED) is 0.672. The highest BCUT2D eigenvalue weighted by molar-refractivity contribution is 5.29. The van der Waals surface area contributed by atoms with Gasteiger partial charge >= 0.3 is 0 Å².